The normalized spacial score (nSPS) is 24.2. The molecule has 55 heavy (non-hydrogen) atoms. The monoisotopic (exact) mass is 715 g/mol. The number of furan rings is 1. The first-order valence-corrected chi connectivity index (χ1v) is 21.4. The van der Waals surface area contributed by atoms with Crippen LogP contribution in [0.2, 0.25) is 0 Å². The molecule has 0 radical (unpaired) electrons. The fourth-order valence-electron chi connectivity index (χ4n) is 13.3. The zero-order chi connectivity index (χ0) is 36.3. The molecule has 2 spiro atoms. The third-order valence-corrected chi connectivity index (χ3v) is 15.4. The van der Waals surface area contributed by atoms with E-state index >= 15 is 0 Å². The van der Waals surface area contributed by atoms with Crippen LogP contribution in [-0.4, -0.2) is 0 Å². The number of benzene rings is 6. The fraction of sp³-hybridized carbons (Fsp3) is 0.321. The molecule has 2 heteroatoms. The van der Waals surface area contributed by atoms with Crippen LogP contribution in [0.1, 0.15) is 99.8 Å². The highest BCUT2D eigenvalue weighted by Crippen LogP contribution is 2.67. The lowest BCUT2D eigenvalue weighted by molar-refractivity contribution is 0.0560. The molecule has 0 N–H and O–H groups in total. The Morgan fingerprint density at radius 3 is 2.16 bits per heavy atom. The Balaban J connectivity index is 1.14. The van der Waals surface area contributed by atoms with Crippen molar-refractivity contribution in [3.63, 3.8) is 0 Å². The van der Waals surface area contributed by atoms with Crippen molar-refractivity contribution in [2.75, 3.05) is 4.90 Å². The first-order chi connectivity index (χ1) is 27.2. The molecule has 4 unspecified atom stereocenters. The lowest BCUT2D eigenvalue weighted by atomic mass is 9.49. The summed E-state index contributed by atoms with van der Waals surface area (Å²) in [5, 5.41) is 2.35. The van der Waals surface area contributed by atoms with Crippen molar-refractivity contribution in [2.45, 2.75) is 88.4 Å². The Bertz CT molecular complexity index is 2650. The largest absolute Gasteiger partial charge is 0.456 e. The number of rotatable bonds is 4. The Morgan fingerprint density at radius 2 is 1.29 bits per heavy atom. The molecular weight excluding hydrogens is 667 g/mol. The van der Waals surface area contributed by atoms with Gasteiger partial charge in [0.05, 0.1) is 5.69 Å². The van der Waals surface area contributed by atoms with Gasteiger partial charge in [0.1, 0.15) is 11.2 Å². The first kappa shape index (κ1) is 32.2. The van der Waals surface area contributed by atoms with Crippen molar-refractivity contribution < 1.29 is 4.42 Å². The maximum Gasteiger partial charge on any atom is 0.137 e. The third kappa shape index (κ3) is 4.32. The molecule has 5 aliphatic carbocycles. The van der Waals surface area contributed by atoms with Crippen LogP contribution in [0.25, 0.3) is 44.2 Å². The number of anilines is 3. The zero-order valence-corrected chi connectivity index (χ0v) is 32.0. The van der Waals surface area contributed by atoms with Crippen LogP contribution in [-0.2, 0) is 10.8 Å². The summed E-state index contributed by atoms with van der Waals surface area (Å²) in [6, 6.07) is 49.1. The van der Waals surface area contributed by atoms with Gasteiger partial charge in [0.25, 0.3) is 0 Å². The van der Waals surface area contributed by atoms with Crippen LogP contribution >= 0.6 is 0 Å². The van der Waals surface area contributed by atoms with E-state index in [-0.39, 0.29) is 10.8 Å². The summed E-state index contributed by atoms with van der Waals surface area (Å²) in [6.07, 6.45) is 14.4. The first-order valence-electron chi connectivity index (χ1n) is 21.4. The summed E-state index contributed by atoms with van der Waals surface area (Å²) >= 11 is 0. The van der Waals surface area contributed by atoms with Crippen molar-refractivity contribution in [3.05, 3.63) is 150 Å². The summed E-state index contributed by atoms with van der Waals surface area (Å²) in [7, 11) is 0. The van der Waals surface area contributed by atoms with Crippen LogP contribution < -0.4 is 4.90 Å². The van der Waals surface area contributed by atoms with Gasteiger partial charge in [-0.25, -0.2) is 0 Å². The van der Waals surface area contributed by atoms with E-state index < -0.39 is 0 Å². The van der Waals surface area contributed by atoms with Crippen molar-refractivity contribution in [1.29, 1.82) is 0 Å². The molecule has 1 heterocycles. The minimum atomic E-state index is -0.00854. The topological polar surface area (TPSA) is 16.4 Å². The molecule has 0 aliphatic heterocycles. The predicted octanol–water partition coefficient (Wildman–Crippen LogP) is 14.8. The molecule has 3 fully saturated rings. The van der Waals surface area contributed by atoms with Crippen LogP contribution in [0.15, 0.2) is 132 Å². The molecule has 2 nitrogen and oxygen atoms in total. The van der Waals surface area contributed by atoms with Gasteiger partial charge < -0.3 is 9.32 Å². The number of hydrogen-bond acceptors (Lipinski definition) is 2. The lowest BCUT2D eigenvalue weighted by Crippen LogP contribution is -2.49. The summed E-state index contributed by atoms with van der Waals surface area (Å²) in [5.74, 6) is 2.11. The van der Waals surface area contributed by atoms with Crippen LogP contribution in [0.3, 0.4) is 0 Å². The molecule has 1 aromatic heterocycles. The van der Waals surface area contributed by atoms with Crippen LogP contribution in [0, 0.1) is 17.8 Å². The molecule has 4 atom stereocenters. The number of para-hydroxylation sites is 1. The van der Waals surface area contributed by atoms with Crippen LogP contribution in [0.5, 0.6) is 0 Å². The minimum absolute atomic E-state index is 0.00854. The van der Waals surface area contributed by atoms with E-state index in [1.165, 1.54) is 115 Å². The molecule has 12 rings (SSSR count). The average molecular weight is 716 g/mol. The molecule has 5 aliphatic rings. The second-order valence-electron chi connectivity index (χ2n) is 17.7. The highest BCUT2D eigenvalue weighted by Gasteiger charge is 2.58. The van der Waals surface area contributed by atoms with E-state index in [1.807, 2.05) is 0 Å². The summed E-state index contributed by atoms with van der Waals surface area (Å²) in [5.41, 5.74) is 17.8. The smallest absolute Gasteiger partial charge is 0.137 e. The summed E-state index contributed by atoms with van der Waals surface area (Å²) in [6.45, 7) is 2.48. The Morgan fingerprint density at radius 1 is 0.582 bits per heavy atom. The molecule has 272 valence electrons. The van der Waals surface area contributed by atoms with Gasteiger partial charge in [-0.15, -0.1) is 0 Å². The highest BCUT2D eigenvalue weighted by molar-refractivity contribution is 6.06. The second-order valence-corrected chi connectivity index (χ2v) is 17.7. The predicted molar refractivity (Wildman–Crippen MR) is 228 cm³/mol. The van der Waals surface area contributed by atoms with Gasteiger partial charge in [-0.1, -0.05) is 130 Å². The Hall–Kier alpha value is -5.08. The Kier molecular flexibility index (Phi) is 7.00. The summed E-state index contributed by atoms with van der Waals surface area (Å²) in [4.78, 5) is 2.63. The lowest BCUT2D eigenvalue weighted by Gasteiger charge is -2.54. The van der Waals surface area contributed by atoms with Gasteiger partial charge in [0.15, 0.2) is 0 Å². The van der Waals surface area contributed by atoms with Gasteiger partial charge in [-0.2, -0.15) is 0 Å². The van der Waals surface area contributed by atoms with Gasteiger partial charge in [-0.3, -0.25) is 0 Å². The number of nitrogens with zero attached hydrogens (tertiary/aromatic N) is 1. The van der Waals surface area contributed by atoms with Crippen molar-refractivity contribution >= 4 is 39.0 Å². The van der Waals surface area contributed by atoms with Crippen LogP contribution in [0.4, 0.5) is 17.1 Å². The van der Waals surface area contributed by atoms with E-state index in [1.54, 1.807) is 22.3 Å². The van der Waals surface area contributed by atoms with Gasteiger partial charge in [-0.05, 0) is 131 Å². The highest BCUT2D eigenvalue weighted by atomic mass is 16.3. The third-order valence-electron chi connectivity index (χ3n) is 15.4. The maximum absolute atomic E-state index is 6.63. The number of fused-ring (bicyclic) bond motifs is 16. The van der Waals surface area contributed by atoms with Gasteiger partial charge in [0.2, 0.25) is 0 Å². The van der Waals surface area contributed by atoms with E-state index in [4.69, 9.17) is 4.42 Å². The Labute approximate surface area is 325 Å². The molecule has 7 aromatic rings. The summed E-state index contributed by atoms with van der Waals surface area (Å²) < 4.78 is 6.63. The van der Waals surface area contributed by atoms with E-state index in [9.17, 15) is 0 Å². The average Bonchev–Trinajstić information content (AvgIpc) is 3.85. The fourth-order valence-corrected chi connectivity index (χ4v) is 13.3. The SMILES string of the molecule is CCC1CC2CCCC(C2)C12c1ccccc1-c1cccc(N(c3ccc4c(c3)-c3ccccc3C43CCCCC3)c3ccc4c(c3)oc3ccccc34)c12. The van der Waals surface area contributed by atoms with Crippen molar-refractivity contribution in [2.24, 2.45) is 17.8 Å². The zero-order valence-electron chi connectivity index (χ0n) is 32.0. The van der Waals surface area contributed by atoms with E-state index in [0.29, 0.717) is 11.8 Å². The quantitative estimate of drug-likeness (QED) is 0.180. The molecule has 6 aromatic carbocycles. The molecule has 3 saturated carbocycles. The van der Waals surface area contributed by atoms with Crippen molar-refractivity contribution in [1.82, 2.24) is 0 Å². The van der Waals surface area contributed by atoms with E-state index in [2.05, 4.69) is 139 Å². The maximum atomic E-state index is 6.63. The molecule has 0 saturated heterocycles. The minimum Gasteiger partial charge on any atom is -0.456 e. The molecular formula is C53H49NO. The molecule has 0 amide bonds. The standard InChI is InChI=1S/C53H49NO/c1-2-35-30-34-14-12-15-36(31-34)53(35)47-21-8-5-16-39(47)43-19-13-22-48(51(43)53)54(38-24-26-42-41-18-6-9-23-49(41)55-50(42)33-38)37-25-27-46-44(32-37)40-17-4-7-20-45(40)52(46)28-10-3-11-29-52/h4-9,13,16-27,32-36H,2-3,10-12,14-15,28-31H2,1H3. The second kappa shape index (κ2) is 12.0. The molecule has 2 bridgehead atoms. The van der Waals surface area contributed by atoms with Gasteiger partial charge >= 0.3 is 0 Å². The van der Waals surface area contributed by atoms with Crippen molar-refractivity contribution in [3.8, 4) is 22.3 Å². The number of hydrogen-bond donors (Lipinski definition) is 0. The van der Waals surface area contributed by atoms with Gasteiger partial charge in [0, 0.05) is 39.0 Å². The van der Waals surface area contributed by atoms with E-state index in [0.717, 1.165) is 22.8 Å².